The third-order valence-corrected chi connectivity index (χ3v) is 1.25. The van der Waals surface area contributed by atoms with E-state index in [1.807, 2.05) is 6.07 Å². The van der Waals surface area contributed by atoms with Crippen LogP contribution >= 0.6 is 0 Å². The van der Waals surface area contributed by atoms with Crippen LogP contribution in [0.15, 0.2) is 30.3 Å². The van der Waals surface area contributed by atoms with E-state index in [1.54, 1.807) is 0 Å². The molecule has 1 aromatic carbocycles. The van der Waals surface area contributed by atoms with Gasteiger partial charge in [0.25, 0.3) is 0 Å². The van der Waals surface area contributed by atoms with Crippen molar-refractivity contribution in [2.75, 3.05) is 0 Å². The van der Waals surface area contributed by atoms with Crippen LogP contribution < -0.4 is 0 Å². The fourth-order valence-electron chi connectivity index (χ4n) is 0.714. The van der Waals surface area contributed by atoms with E-state index in [0.29, 0.717) is 0 Å². The molecule has 0 saturated heterocycles. The molecule has 0 N–H and O–H groups in total. The molecule has 0 unspecified atom stereocenters. The zero-order valence-corrected chi connectivity index (χ0v) is 7.22. The summed E-state index contributed by atoms with van der Waals surface area (Å²) in [7, 11) is 0. The maximum absolute atomic E-state index is 2.16. The first-order valence-corrected chi connectivity index (χ1v) is 2.97. The van der Waals surface area contributed by atoms with Crippen molar-refractivity contribution in [1.82, 2.24) is 0 Å². The Bertz CT molecular complexity index is 146. The summed E-state index contributed by atoms with van der Waals surface area (Å²) in [5.41, 5.74) is 1.41. The van der Waals surface area contributed by atoms with Gasteiger partial charge in [0.05, 0.1) is 0 Å². The lowest BCUT2D eigenvalue weighted by atomic mass is 10.2. The molecule has 0 bridgehead atoms. The highest BCUT2D eigenvalue weighted by atomic mass is 24.3. The SMILES string of the molecule is CCc1ccccc1.[Mg]. The Kier molecular flexibility index (Phi) is 4.82. The second-order valence-electron chi connectivity index (χ2n) is 1.84. The predicted molar refractivity (Wildman–Crippen MR) is 41.6 cm³/mol. The molecule has 0 atom stereocenters. The summed E-state index contributed by atoms with van der Waals surface area (Å²) in [4.78, 5) is 0. The van der Waals surface area contributed by atoms with Gasteiger partial charge in [0.2, 0.25) is 0 Å². The van der Waals surface area contributed by atoms with Gasteiger partial charge in [-0.05, 0) is 12.0 Å². The first-order chi connectivity index (χ1) is 3.93. The van der Waals surface area contributed by atoms with Crippen LogP contribution in [0.25, 0.3) is 0 Å². The highest BCUT2D eigenvalue weighted by molar-refractivity contribution is 5.75. The van der Waals surface area contributed by atoms with Gasteiger partial charge in [-0.25, -0.2) is 0 Å². The Morgan fingerprint density at radius 1 is 1.11 bits per heavy atom. The van der Waals surface area contributed by atoms with Gasteiger partial charge in [0.1, 0.15) is 0 Å². The number of hydrogen-bond acceptors (Lipinski definition) is 0. The zero-order valence-electron chi connectivity index (χ0n) is 5.80. The largest absolute Gasteiger partial charge is 0.0622 e. The van der Waals surface area contributed by atoms with Crippen molar-refractivity contribution in [3.05, 3.63) is 35.9 Å². The third-order valence-electron chi connectivity index (χ3n) is 1.25. The maximum Gasteiger partial charge on any atom is 0 e. The molecule has 0 aromatic heterocycles. The number of rotatable bonds is 1. The minimum atomic E-state index is 0. The van der Waals surface area contributed by atoms with Gasteiger partial charge in [-0.1, -0.05) is 37.3 Å². The van der Waals surface area contributed by atoms with E-state index in [9.17, 15) is 0 Å². The highest BCUT2D eigenvalue weighted by Crippen LogP contribution is 1.96. The average molecular weight is 130 g/mol. The van der Waals surface area contributed by atoms with Crippen LogP contribution in [0.5, 0.6) is 0 Å². The maximum atomic E-state index is 2.16. The fourth-order valence-corrected chi connectivity index (χ4v) is 0.714. The summed E-state index contributed by atoms with van der Waals surface area (Å²) in [6.07, 6.45) is 1.14. The molecule has 1 heteroatoms. The van der Waals surface area contributed by atoms with Gasteiger partial charge in [0, 0.05) is 23.1 Å². The van der Waals surface area contributed by atoms with Gasteiger partial charge >= 0.3 is 0 Å². The summed E-state index contributed by atoms with van der Waals surface area (Å²) in [6, 6.07) is 10.5. The lowest BCUT2D eigenvalue weighted by Gasteiger charge is -1.89. The molecule has 0 nitrogen and oxygen atoms in total. The monoisotopic (exact) mass is 130 g/mol. The van der Waals surface area contributed by atoms with Crippen LogP contribution in [-0.2, 0) is 6.42 Å². The van der Waals surface area contributed by atoms with E-state index in [-0.39, 0.29) is 23.1 Å². The minimum Gasteiger partial charge on any atom is -0.0622 e. The van der Waals surface area contributed by atoms with Crippen LogP contribution in [0, 0.1) is 0 Å². The van der Waals surface area contributed by atoms with Crippen LogP contribution in [-0.4, -0.2) is 23.1 Å². The minimum absolute atomic E-state index is 0. The average Bonchev–Trinajstić information content (AvgIpc) is 1.90. The van der Waals surface area contributed by atoms with Gasteiger partial charge < -0.3 is 0 Å². The van der Waals surface area contributed by atoms with E-state index in [2.05, 4.69) is 31.2 Å². The smallest absolute Gasteiger partial charge is 0 e. The van der Waals surface area contributed by atoms with Gasteiger partial charge in [-0.2, -0.15) is 0 Å². The molecule has 9 heavy (non-hydrogen) atoms. The molecule has 0 spiro atoms. The van der Waals surface area contributed by atoms with Crippen molar-refractivity contribution >= 4 is 23.1 Å². The van der Waals surface area contributed by atoms with Crippen molar-refractivity contribution < 1.29 is 0 Å². The second kappa shape index (κ2) is 4.83. The molecule has 2 radical (unpaired) electrons. The first-order valence-electron chi connectivity index (χ1n) is 2.97. The molecule has 44 valence electrons. The van der Waals surface area contributed by atoms with E-state index in [1.165, 1.54) is 5.56 Å². The van der Waals surface area contributed by atoms with Gasteiger partial charge in [-0.15, -0.1) is 0 Å². The number of hydrogen-bond donors (Lipinski definition) is 0. The lowest BCUT2D eigenvalue weighted by Crippen LogP contribution is -1.73. The molecular formula is C8H10Mg. The molecule has 0 fully saturated rings. The lowest BCUT2D eigenvalue weighted by molar-refractivity contribution is 1.14. The Balaban J connectivity index is 0.000000640. The van der Waals surface area contributed by atoms with Crippen LogP contribution in [0.4, 0.5) is 0 Å². The fraction of sp³-hybridized carbons (Fsp3) is 0.250. The standard InChI is InChI=1S/C8H10.Mg/c1-2-8-6-4-3-5-7-8;/h3-7H,2H2,1H3;. The summed E-state index contributed by atoms with van der Waals surface area (Å²) >= 11 is 0. The van der Waals surface area contributed by atoms with E-state index in [0.717, 1.165) is 6.42 Å². The molecule has 0 aliphatic heterocycles. The highest BCUT2D eigenvalue weighted by Gasteiger charge is 1.79. The van der Waals surface area contributed by atoms with Crippen molar-refractivity contribution in [3.63, 3.8) is 0 Å². The molecule has 0 saturated carbocycles. The second-order valence-corrected chi connectivity index (χ2v) is 1.84. The Hall–Kier alpha value is -0.0138. The summed E-state index contributed by atoms with van der Waals surface area (Å²) in [5.74, 6) is 0. The quantitative estimate of drug-likeness (QED) is 0.509. The topological polar surface area (TPSA) is 0 Å². The van der Waals surface area contributed by atoms with Crippen LogP contribution in [0.2, 0.25) is 0 Å². The third kappa shape index (κ3) is 2.87. The van der Waals surface area contributed by atoms with Gasteiger partial charge in [0.15, 0.2) is 0 Å². The van der Waals surface area contributed by atoms with Crippen molar-refractivity contribution in [2.24, 2.45) is 0 Å². The molecule has 1 aromatic rings. The molecule has 0 aliphatic rings. The molecule has 0 aliphatic carbocycles. The zero-order chi connectivity index (χ0) is 5.82. The Morgan fingerprint density at radius 2 is 1.67 bits per heavy atom. The Morgan fingerprint density at radius 3 is 2.00 bits per heavy atom. The van der Waals surface area contributed by atoms with Gasteiger partial charge in [-0.3, -0.25) is 0 Å². The first kappa shape index (κ1) is 8.99. The van der Waals surface area contributed by atoms with Crippen molar-refractivity contribution in [3.8, 4) is 0 Å². The normalized spacial score (nSPS) is 8.11. The van der Waals surface area contributed by atoms with Crippen LogP contribution in [0.3, 0.4) is 0 Å². The van der Waals surface area contributed by atoms with Crippen molar-refractivity contribution in [2.45, 2.75) is 13.3 Å². The van der Waals surface area contributed by atoms with E-state index in [4.69, 9.17) is 0 Å². The summed E-state index contributed by atoms with van der Waals surface area (Å²) < 4.78 is 0. The molecule has 0 amide bonds. The number of benzene rings is 1. The number of aryl methyl sites for hydroxylation is 1. The molecule has 0 heterocycles. The Labute approximate surface area is 72.4 Å². The van der Waals surface area contributed by atoms with Crippen molar-refractivity contribution in [1.29, 1.82) is 0 Å². The molecular weight excluding hydrogens is 120 g/mol. The molecule has 1 rings (SSSR count). The van der Waals surface area contributed by atoms with E-state index < -0.39 is 0 Å². The summed E-state index contributed by atoms with van der Waals surface area (Å²) in [6.45, 7) is 2.16. The van der Waals surface area contributed by atoms with E-state index >= 15 is 0 Å². The van der Waals surface area contributed by atoms with Crippen LogP contribution in [0.1, 0.15) is 12.5 Å². The predicted octanol–water partition coefficient (Wildman–Crippen LogP) is 1.87. The summed E-state index contributed by atoms with van der Waals surface area (Å²) in [5, 5.41) is 0.